The molecule has 1 heterocycles. The molecule has 0 radical (unpaired) electrons. The van der Waals surface area contributed by atoms with Gasteiger partial charge in [-0.25, -0.2) is 4.99 Å². The van der Waals surface area contributed by atoms with Gasteiger partial charge in [0.05, 0.1) is 11.4 Å². The zero-order chi connectivity index (χ0) is 12.5. The van der Waals surface area contributed by atoms with Crippen LogP contribution in [0, 0.1) is 0 Å². The number of nitrogens with zero attached hydrogens (tertiary/aromatic N) is 1. The minimum Gasteiger partial charge on any atom is -0.250 e. The molecule has 0 spiro atoms. The molecule has 0 bridgehead atoms. The number of hydrogen-bond donors (Lipinski definition) is 0. The summed E-state index contributed by atoms with van der Waals surface area (Å²) in [4.78, 5) is 4.02. The second kappa shape index (κ2) is 4.75. The Balaban J connectivity index is 2.26. The minimum absolute atomic E-state index is 0.614. The number of fused-ring (bicyclic) bond motifs is 2. The average Bonchev–Trinajstić information content (AvgIpc) is 2.55. The van der Waals surface area contributed by atoms with E-state index in [1.165, 1.54) is 11.1 Å². The van der Waals surface area contributed by atoms with Gasteiger partial charge >= 0.3 is 0 Å². The maximum Gasteiger partial charge on any atom is 0.150 e. The van der Waals surface area contributed by atoms with Gasteiger partial charge in [0.1, 0.15) is 4.84 Å². The SMILES string of the molecule is ClC(Cl)C1=Nc2ccccc2Cc2ccccc21. The smallest absolute Gasteiger partial charge is 0.150 e. The van der Waals surface area contributed by atoms with E-state index in [-0.39, 0.29) is 0 Å². The standard InChI is InChI=1S/C15H11Cl2N/c16-15(17)14-12-7-3-1-5-10(12)9-11-6-2-4-8-13(11)18-14/h1-8,15H,9H2. The van der Waals surface area contributed by atoms with Crippen molar-refractivity contribution in [2.75, 3.05) is 0 Å². The Bertz CT molecular complexity index is 617. The Labute approximate surface area is 116 Å². The quantitative estimate of drug-likeness (QED) is 0.679. The molecular weight excluding hydrogens is 265 g/mol. The Morgan fingerprint density at radius 2 is 1.56 bits per heavy atom. The summed E-state index contributed by atoms with van der Waals surface area (Å²) in [7, 11) is 0. The van der Waals surface area contributed by atoms with E-state index in [0.717, 1.165) is 23.4 Å². The summed E-state index contributed by atoms with van der Waals surface area (Å²) in [5, 5.41) is 0. The average molecular weight is 276 g/mol. The molecule has 1 aliphatic rings. The van der Waals surface area contributed by atoms with Gasteiger partial charge in [0.15, 0.2) is 0 Å². The van der Waals surface area contributed by atoms with E-state index in [2.05, 4.69) is 17.1 Å². The van der Waals surface area contributed by atoms with Crippen LogP contribution in [0.25, 0.3) is 0 Å². The third-order valence-corrected chi connectivity index (χ3v) is 3.53. The van der Waals surface area contributed by atoms with Crippen LogP contribution in [-0.2, 0) is 6.42 Å². The lowest BCUT2D eigenvalue weighted by molar-refractivity contribution is 1.19. The largest absolute Gasteiger partial charge is 0.250 e. The van der Waals surface area contributed by atoms with Crippen LogP contribution in [0.5, 0.6) is 0 Å². The fourth-order valence-corrected chi connectivity index (χ4v) is 2.59. The molecule has 0 unspecified atom stereocenters. The lowest BCUT2D eigenvalue weighted by atomic mass is 9.98. The first-order valence-electron chi connectivity index (χ1n) is 5.78. The Morgan fingerprint density at radius 3 is 2.33 bits per heavy atom. The van der Waals surface area contributed by atoms with Crippen LogP contribution >= 0.6 is 23.2 Å². The molecule has 1 nitrogen and oxygen atoms in total. The van der Waals surface area contributed by atoms with Gasteiger partial charge in [-0.2, -0.15) is 0 Å². The number of para-hydroxylation sites is 1. The van der Waals surface area contributed by atoms with Gasteiger partial charge in [0.25, 0.3) is 0 Å². The van der Waals surface area contributed by atoms with Crippen LogP contribution in [0.2, 0.25) is 0 Å². The molecule has 0 aromatic heterocycles. The van der Waals surface area contributed by atoms with Crippen molar-refractivity contribution in [2.24, 2.45) is 4.99 Å². The second-order valence-corrected chi connectivity index (χ2v) is 5.36. The third-order valence-electron chi connectivity index (χ3n) is 3.11. The van der Waals surface area contributed by atoms with Gasteiger partial charge in [-0.15, -0.1) is 0 Å². The molecule has 0 fully saturated rings. The van der Waals surface area contributed by atoms with E-state index in [1.54, 1.807) is 0 Å². The highest BCUT2D eigenvalue weighted by Gasteiger charge is 2.20. The van der Waals surface area contributed by atoms with Crippen molar-refractivity contribution in [3.8, 4) is 0 Å². The molecule has 0 amide bonds. The zero-order valence-electron chi connectivity index (χ0n) is 9.61. The molecule has 0 atom stereocenters. The van der Waals surface area contributed by atoms with E-state index in [4.69, 9.17) is 23.2 Å². The summed E-state index contributed by atoms with van der Waals surface area (Å²) < 4.78 is 0. The number of rotatable bonds is 1. The highest BCUT2D eigenvalue weighted by Crippen LogP contribution is 2.30. The zero-order valence-corrected chi connectivity index (χ0v) is 11.1. The highest BCUT2D eigenvalue weighted by molar-refractivity contribution is 6.56. The molecule has 1 aliphatic heterocycles. The number of aliphatic imine (C=N–C) groups is 1. The number of benzene rings is 2. The van der Waals surface area contributed by atoms with Crippen molar-refractivity contribution >= 4 is 34.6 Å². The summed E-state index contributed by atoms with van der Waals surface area (Å²) in [6, 6.07) is 16.2. The van der Waals surface area contributed by atoms with Crippen molar-refractivity contribution in [3.05, 3.63) is 65.2 Å². The van der Waals surface area contributed by atoms with Gasteiger partial charge in [-0.3, -0.25) is 0 Å². The van der Waals surface area contributed by atoms with Crippen molar-refractivity contribution < 1.29 is 0 Å². The maximum absolute atomic E-state index is 6.06. The van der Waals surface area contributed by atoms with Gasteiger partial charge < -0.3 is 0 Å². The van der Waals surface area contributed by atoms with Crippen LogP contribution in [0.15, 0.2) is 53.5 Å². The molecule has 3 heteroatoms. The Hall–Kier alpha value is -1.31. The van der Waals surface area contributed by atoms with E-state index < -0.39 is 4.84 Å². The van der Waals surface area contributed by atoms with Crippen molar-refractivity contribution in [1.82, 2.24) is 0 Å². The second-order valence-electron chi connectivity index (χ2n) is 4.26. The first kappa shape index (κ1) is 11.8. The van der Waals surface area contributed by atoms with Gasteiger partial charge in [0, 0.05) is 12.0 Å². The summed E-state index contributed by atoms with van der Waals surface area (Å²) >= 11 is 12.1. The normalized spacial score (nSPS) is 13.6. The molecule has 2 aromatic rings. The van der Waals surface area contributed by atoms with E-state index in [1.807, 2.05) is 36.4 Å². The van der Waals surface area contributed by atoms with Crippen molar-refractivity contribution in [3.63, 3.8) is 0 Å². The molecule has 0 saturated carbocycles. The molecule has 90 valence electrons. The van der Waals surface area contributed by atoms with Gasteiger partial charge in [0.2, 0.25) is 0 Å². The topological polar surface area (TPSA) is 12.4 Å². The Morgan fingerprint density at radius 1 is 0.889 bits per heavy atom. The lowest BCUT2D eigenvalue weighted by Gasteiger charge is -2.09. The van der Waals surface area contributed by atoms with E-state index >= 15 is 0 Å². The summed E-state index contributed by atoms with van der Waals surface area (Å²) in [5.74, 6) is 0. The van der Waals surface area contributed by atoms with E-state index in [0.29, 0.717) is 0 Å². The fraction of sp³-hybridized carbons (Fsp3) is 0.133. The van der Waals surface area contributed by atoms with Crippen LogP contribution in [0.4, 0.5) is 5.69 Å². The minimum atomic E-state index is -0.614. The molecule has 0 saturated heterocycles. The predicted octanol–water partition coefficient (Wildman–Crippen LogP) is 4.52. The van der Waals surface area contributed by atoms with E-state index in [9.17, 15) is 0 Å². The van der Waals surface area contributed by atoms with Gasteiger partial charge in [-0.1, -0.05) is 65.7 Å². The maximum atomic E-state index is 6.06. The first-order chi connectivity index (χ1) is 8.75. The monoisotopic (exact) mass is 275 g/mol. The number of alkyl halides is 2. The third kappa shape index (κ3) is 2.05. The van der Waals surface area contributed by atoms with Crippen LogP contribution in [0.1, 0.15) is 16.7 Å². The molecule has 0 N–H and O–H groups in total. The van der Waals surface area contributed by atoms with Crippen LogP contribution < -0.4 is 0 Å². The summed E-state index contributed by atoms with van der Waals surface area (Å²) in [5.41, 5.74) is 5.15. The molecule has 0 aliphatic carbocycles. The van der Waals surface area contributed by atoms with Crippen LogP contribution in [0.3, 0.4) is 0 Å². The van der Waals surface area contributed by atoms with Crippen molar-refractivity contribution in [1.29, 1.82) is 0 Å². The summed E-state index contributed by atoms with van der Waals surface area (Å²) in [6.45, 7) is 0. The lowest BCUT2D eigenvalue weighted by Crippen LogP contribution is -2.11. The van der Waals surface area contributed by atoms with Crippen molar-refractivity contribution in [2.45, 2.75) is 11.3 Å². The predicted molar refractivity (Wildman–Crippen MR) is 77.4 cm³/mol. The first-order valence-corrected chi connectivity index (χ1v) is 6.66. The Kier molecular flexibility index (Phi) is 3.11. The molecule has 2 aromatic carbocycles. The number of hydrogen-bond acceptors (Lipinski definition) is 1. The fourth-order valence-electron chi connectivity index (χ4n) is 2.26. The molecule has 18 heavy (non-hydrogen) atoms. The number of halogens is 2. The molecular formula is C15H11Cl2N. The molecule has 3 rings (SSSR count). The van der Waals surface area contributed by atoms with Gasteiger partial charge in [-0.05, 0) is 17.2 Å². The highest BCUT2D eigenvalue weighted by atomic mass is 35.5. The van der Waals surface area contributed by atoms with Crippen LogP contribution in [-0.4, -0.2) is 10.5 Å². The summed E-state index contributed by atoms with van der Waals surface area (Å²) in [6.07, 6.45) is 0.861.